The average Bonchev–Trinajstić information content (AvgIpc) is 2.74. The summed E-state index contributed by atoms with van der Waals surface area (Å²) in [5.41, 5.74) is 1.17. The van der Waals surface area contributed by atoms with Crippen molar-refractivity contribution in [2.45, 2.75) is 33.4 Å². The van der Waals surface area contributed by atoms with Crippen LogP contribution >= 0.6 is 0 Å². The molecule has 1 unspecified atom stereocenters. The SMILES string of the molecule is CCCNCc1cncn1CCS(=O)CC. The predicted octanol–water partition coefficient (Wildman–Crippen LogP) is 1.15. The first kappa shape index (κ1) is 13.4. The molecule has 0 aliphatic heterocycles. The zero-order valence-corrected chi connectivity index (χ0v) is 10.9. The van der Waals surface area contributed by atoms with Crippen LogP contribution in [0.2, 0.25) is 0 Å². The standard InChI is InChI=1S/C11H21N3OS/c1-3-5-12-8-11-9-13-10-14(11)6-7-16(15)4-2/h9-10,12H,3-8H2,1-2H3. The fourth-order valence-corrected chi connectivity index (χ4v) is 2.12. The lowest BCUT2D eigenvalue weighted by Gasteiger charge is -2.08. The van der Waals surface area contributed by atoms with E-state index in [1.807, 2.05) is 19.4 Å². The van der Waals surface area contributed by atoms with Gasteiger partial charge in [-0.3, -0.25) is 4.21 Å². The van der Waals surface area contributed by atoms with E-state index < -0.39 is 10.8 Å². The first-order chi connectivity index (χ1) is 7.77. The summed E-state index contributed by atoms with van der Waals surface area (Å²) in [6.07, 6.45) is 4.82. The van der Waals surface area contributed by atoms with Gasteiger partial charge in [0.2, 0.25) is 0 Å². The molecule has 4 nitrogen and oxygen atoms in total. The van der Waals surface area contributed by atoms with Gasteiger partial charge in [-0.2, -0.15) is 0 Å². The van der Waals surface area contributed by atoms with Crippen LogP contribution in [-0.2, 0) is 23.9 Å². The van der Waals surface area contributed by atoms with E-state index in [-0.39, 0.29) is 0 Å². The number of imidazole rings is 1. The van der Waals surface area contributed by atoms with Crippen LogP contribution in [0.25, 0.3) is 0 Å². The second-order valence-electron chi connectivity index (χ2n) is 3.69. The predicted molar refractivity (Wildman–Crippen MR) is 67.8 cm³/mol. The van der Waals surface area contributed by atoms with Crippen molar-refractivity contribution in [3.8, 4) is 0 Å². The van der Waals surface area contributed by atoms with Gasteiger partial charge in [-0.25, -0.2) is 4.98 Å². The maximum Gasteiger partial charge on any atom is 0.0948 e. The molecule has 0 bridgehead atoms. The summed E-state index contributed by atoms with van der Waals surface area (Å²) in [7, 11) is -0.696. The molecule has 1 heterocycles. The van der Waals surface area contributed by atoms with Crippen LogP contribution < -0.4 is 5.32 Å². The van der Waals surface area contributed by atoms with E-state index in [1.165, 1.54) is 5.69 Å². The third-order valence-corrected chi connectivity index (χ3v) is 3.70. The van der Waals surface area contributed by atoms with Gasteiger partial charge in [0.1, 0.15) is 0 Å². The number of rotatable bonds is 8. The van der Waals surface area contributed by atoms with E-state index in [2.05, 4.69) is 21.8 Å². The van der Waals surface area contributed by atoms with Gasteiger partial charge in [-0.15, -0.1) is 0 Å². The topological polar surface area (TPSA) is 46.9 Å². The Labute approximate surface area is 99.9 Å². The Morgan fingerprint density at radius 3 is 3.00 bits per heavy atom. The van der Waals surface area contributed by atoms with Gasteiger partial charge < -0.3 is 9.88 Å². The van der Waals surface area contributed by atoms with Crippen molar-refractivity contribution in [3.63, 3.8) is 0 Å². The van der Waals surface area contributed by atoms with Gasteiger partial charge >= 0.3 is 0 Å². The second-order valence-corrected chi connectivity index (χ2v) is 5.55. The molecule has 0 aliphatic rings. The molecule has 0 aromatic carbocycles. The second kappa shape index (κ2) is 7.57. The summed E-state index contributed by atoms with van der Waals surface area (Å²) in [5, 5.41) is 3.34. The molecule has 0 saturated carbocycles. The van der Waals surface area contributed by atoms with Crippen molar-refractivity contribution in [2.75, 3.05) is 18.1 Å². The number of nitrogens with zero attached hydrogens (tertiary/aromatic N) is 2. The van der Waals surface area contributed by atoms with Crippen LogP contribution in [0.5, 0.6) is 0 Å². The van der Waals surface area contributed by atoms with Crippen molar-refractivity contribution in [2.24, 2.45) is 0 Å². The maximum absolute atomic E-state index is 11.3. The lowest BCUT2D eigenvalue weighted by molar-refractivity contribution is 0.620. The Morgan fingerprint density at radius 1 is 1.50 bits per heavy atom. The maximum atomic E-state index is 11.3. The van der Waals surface area contributed by atoms with E-state index in [0.29, 0.717) is 5.75 Å². The summed E-state index contributed by atoms with van der Waals surface area (Å²) >= 11 is 0. The molecule has 92 valence electrons. The van der Waals surface area contributed by atoms with Crippen LogP contribution in [0, 0.1) is 0 Å². The molecule has 1 N–H and O–H groups in total. The summed E-state index contributed by atoms with van der Waals surface area (Å²) in [6, 6.07) is 0. The van der Waals surface area contributed by atoms with Crippen molar-refractivity contribution < 1.29 is 4.21 Å². The van der Waals surface area contributed by atoms with Gasteiger partial charge in [0.05, 0.1) is 12.0 Å². The molecule has 0 fully saturated rings. The van der Waals surface area contributed by atoms with Crippen LogP contribution in [0.15, 0.2) is 12.5 Å². The monoisotopic (exact) mass is 243 g/mol. The third kappa shape index (κ3) is 4.45. The highest BCUT2D eigenvalue weighted by molar-refractivity contribution is 7.84. The molecule has 1 aromatic heterocycles. The smallest absolute Gasteiger partial charge is 0.0948 e. The molecule has 0 radical (unpaired) electrons. The number of aryl methyl sites for hydroxylation is 1. The summed E-state index contributed by atoms with van der Waals surface area (Å²) in [4.78, 5) is 4.13. The zero-order chi connectivity index (χ0) is 11.8. The molecule has 0 spiro atoms. The van der Waals surface area contributed by atoms with E-state index in [1.54, 1.807) is 0 Å². The highest BCUT2D eigenvalue weighted by Crippen LogP contribution is 1.99. The van der Waals surface area contributed by atoms with Gasteiger partial charge in [-0.1, -0.05) is 13.8 Å². The quantitative estimate of drug-likeness (QED) is 0.697. The fraction of sp³-hybridized carbons (Fsp3) is 0.727. The van der Waals surface area contributed by atoms with Crippen LogP contribution in [0.1, 0.15) is 26.0 Å². The number of nitrogens with one attached hydrogen (secondary N) is 1. The summed E-state index contributed by atoms with van der Waals surface area (Å²) < 4.78 is 13.4. The number of aromatic nitrogens is 2. The van der Waals surface area contributed by atoms with E-state index in [9.17, 15) is 4.21 Å². The van der Waals surface area contributed by atoms with Crippen LogP contribution in [0.4, 0.5) is 0 Å². The lowest BCUT2D eigenvalue weighted by atomic mass is 10.4. The number of hydrogen-bond donors (Lipinski definition) is 1. The number of hydrogen-bond acceptors (Lipinski definition) is 3. The lowest BCUT2D eigenvalue weighted by Crippen LogP contribution is -2.18. The first-order valence-corrected chi connectivity index (χ1v) is 7.31. The van der Waals surface area contributed by atoms with E-state index in [0.717, 1.165) is 31.8 Å². The van der Waals surface area contributed by atoms with Gasteiger partial charge in [0, 0.05) is 41.6 Å². The molecule has 1 rings (SSSR count). The molecule has 1 atom stereocenters. The minimum Gasteiger partial charge on any atom is -0.332 e. The van der Waals surface area contributed by atoms with E-state index in [4.69, 9.17) is 0 Å². The largest absolute Gasteiger partial charge is 0.332 e. The highest BCUT2D eigenvalue weighted by atomic mass is 32.2. The van der Waals surface area contributed by atoms with Crippen molar-refractivity contribution >= 4 is 10.8 Å². The normalized spacial score (nSPS) is 12.9. The highest BCUT2D eigenvalue weighted by Gasteiger charge is 2.03. The van der Waals surface area contributed by atoms with Gasteiger partial charge in [-0.05, 0) is 13.0 Å². The van der Waals surface area contributed by atoms with Crippen molar-refractivity contribution in [3.05, 3.63) is 18.2 Å². The fourth-order valence-electron chi connectivity index (χ4n) is 1.43. The zero-order valence-electron chi connectivity index (χ0n) is 10.1. The van der Waals surface area contributed by atoms with Gasteiger partial charge in [0.15, 0.2) is 0 Å². The molecule has 1 aromatic rings. The van der Waals surface area contributed by atoms with Gasteiger partial charge in [0.25, 0.3) is 0 Å². The van der Waals surface area contributed by atoms with E-state index >= 15 is 0 Å². The molecule has 0 saturated heterocycles. The molecular weight excluding hydrogens is 222 g/mol. The Balaban J connectivity index is 2.40. The molecule has 5 heteroatoms. The summed E-state index contributed by atoms with van der Waals surface area (Å²) in [6.45, 7) is 6.75. The molecule has 0 amide bonds. The Bertz CT molecular complexity index is 325. The molecule has 16 heavy (non-hydrogen) atoms. The van der Waals surface area contributed by atoms with Crippen molar-refractivity contribution in [1.82, 2.24) is 14.9 Å². The molecule has 0 aliphatic carbocycles. The Kier molecular flexibility index (Phi) is 6.33. The Morgan fingerprint density at radius 2 is 2.31 bits per heavy atom. The third-order valence-electron chi connectivity index (χ3n) is 2.41. The minimum absolute atomic E-state index is 0.696. The summed E-state index contributed by atoms with van der Waals surface area (Å²) in [5.74, 6) is 1.45. The minimum atomic E-state index is -0.696. The van der Waals surface area contributed by atoms with Crippen molar-refractivity contribution in [1.29, 1.82) is 0 Å². The first-order valence-electron chi connectivity index (χ1n) is 5.82. The molecular formula is C11H21N3OS. The average molecular weight is 243 g/mol. The van der Waals surface area contributed by atoms with Crippen LogP contribution in [0.3, 0.4) is 0 Å². The van der Waals surface area contributed by atoms with Crippen LogP contribution in [-0.4, -0.2) is 31.8 Å². The Hall–Kier alpha value is -0.680.